The largest absolute Gasteiger partial charge is 0.340 e. The number of nitrogens with zero attached hydrogens (tertiary/aromatic N) is 1. The Morgan fingerprint density at radius 3 is 2.72 bits per heavy atom. The Morgan fingerprint density at radius 1 is 1.39 bits per heavy atom. The van der Waals surface area contributed by atoms with Gasteiger partial charge < -0.3 is 10.2 Å². The lowest BCUT2D eigenvalue weighted by atomic mass is 9.83. The van der Waals surface area contributed by atoms with Crippen molar-refractivity contribution < 1.29 is 14.4 Å². The van der Waals surface area contributed by atoms with Crippen LogP contribution in [0.15, 0.2) is 0 Å². The van der Waals surface area contributed by atoms with E-state index in [1.807, 2.05) is 0 Å². The summed E-state index contributed by atoms with van der Waals surface area (Å²) in [6.07, 6.45) is 4.61. The quantitative estimate of drug-likeness (QED) is 0.677. The van der Waals surface area contributed by atoms with Crippen LogP contribution in [0.3, 0.4) is 0 Å². The molecule has 0 aromatic rings. The van der Waals surface area contributed by atoms with E-state index in [4.69, 9.17) is 0 Å². The maximum atomic E-state index is 12.1. The van der Waals surface area contributed by atoms with E-state index in [2.05, 4.69) is 10.6 Å². The van der Waals surface area contributed by atoms with Crippen LogP contribution in [0.5, 0.6) is 0 Å². The van der Waals surface area contributed by atoms with Crippen LogP contribution in [0.1, 0.15) is 32.1 Å². The lowest BCUT2D eigenvalue weighted by Gasteiger charge is -2.27. The molecule has 18 heavy (non-hydrogen) atoms. The van der Waals surface area contributed by atoms with Gasteiger partial charge >= 0.3 is 6.03 Å². The van der Waals surface area contributed by atoms with Crippen LogP contribution in [0.4, 0.5) is 4.79 Å². The van der Waals surface area contributed by atoms with Crippen molar-refractivity contribution in [1.82, 2.24) is 15.5 Å². The average molecular weight is 251 g/mol. The standard InChI is InChI=1S/C12H17N3O3/c16-9(6-8-2-1-3-8)15-5-4-12(7-15)10(17)13-11(18)14-12/h8H,1-7H2,(H2,13,14,17,18). The summed E-state index contributed by atoms with van der Waals surface area (Å²) in [5, 5.41) is 4.90. The van der Waals surface area contributed by atoms with Crippen LogP contribution in [0.25, 0.3) is 0 Å². The predicted octanol–water partition coefficient (Wildman–Crippen LogP) is -0.0129. The van der Waals surface area contributed by atoms with Crippen LogP contribution in [0, 0.1) is 5.92 Å². The number of carbonyl (C=O) groups excluding carboxylic acids is 3. The van der Waals surface area contributed by atoms with Gasteiger partial charge in [0.25, 0.3) is 5.91 Å². The second-order valence-electron chi connectivity index (χ2n) is 5.56. The molecule has 0 aromatic heterocycles. The summed E-state index contributed by atoms with van der Waals surface area (Å²) < 4.78 is 0. The van der Waals surface area contributed by atoms with Gasteiger partial charge in [-0.1, -0.05) is 6.42 Å². The Balaban J connectivity index is 1.62. The minimum atomic E-state index is -0.869. The van der Waals surface area contributed by atoms with Gasteiger partial charge in [0.15, 0.2) is 0 Å². The van der Waals surface area contributed by atoms with Crippen molar-refractivity contribution in [1.29, 1.82) is 0 Å². The van der Waals surface area contributed by atoms with Crippen molar-refractivity contribution in [3.05, 3.63) is 0 Å². The molecule has 1 atom stereocenters. The van der Waals surface area contributed by atoms with Crippen LogP contribution in [-0.2, 0) is 9.59 Å². The third kappa shape index (κ3) is 1.76. The number of hydrogen-bond acceptors (Lipinski definition) is 3. The van der Waals surface area contributed by atoms with E-state index in [1.54, 1.807) is 4.90 Å². The SMILES string of the molecule is O=C1NC(=O)C2(CCN(C(=O)CC3CCC3)C2)N1. The molecule has 0 aromatic carbocycles. The molecule has 3 rings (SSSR count). The number of carbonyl (C=O) groups is 3. The smallest absolute Gasteiger partial charge is 0.322 e. The van der Waals surface area contributed by atoms with Gasteiger partial charge in [-0.25, -0.2) is 4.79 Å². The Kier molecular flexibility index (Phi) is 2.53. The number of imide groups is 1. The molecule has 1 aliphatic carbocycles. The Morgan fingerprint density at radius 2 is 2.17 bits per heavy atom. The molecular formula is C12H17N3O3. The van der Waals surface area contributed by atoms with Crippen molar-refractivity contribution in [2.75, 3.05) is 13.1 Å². The first-order valence-corrected chi connectivity index (χ1v) is 6.50. The molecule has 2 heterocycles. The van der Waals surface area contributed by atoms with Crippen LogP contribution in [0.2, 0.25) is 0 Å². The fourth-order valence-corrected chi connectivity index (χ4v) is 2.91. The maximum absolute atomic E-state index is 12.1. The van der Waals surface area contributed by atoms with Crippen molar-refractivity contribution in [2.45, 2.75) is 37.6 Å². The summed E-state index contributed by atoms with van der Waals surface area (Å²) in [6.45, 7) is 0.870. The topological polar surface area (TPSA) is 78.5 Å². The Bertz CT molecular complexity index is 419. The lowest BCUT2D eigenvalue weighted by molar-refractivity contribution is -0.132. The first-order chi connectivity index (χ1) is 8.59. The van der Waals surface area contributed by atoms with Crippen molar-refractivity contribution >= 4 is 17.8 Å². The summed E-state index contributed by atoms with van der Waals surface area (Å²) in [7, 11) is 0. The van der Waals surface area contributed by atoms with Crippen molar-refractivity contribution in [2.24, 2.45) is 5.92 Å². The number of likely N-dealkylation sites (tertiary alicyclic amines) is 1. The number of amides is 4. The maximum Gasteiger partial charge on any atom is 0.322 e. The highest BCUT2D eigenvalue weighted by molar-refractivity contribution is 6.07. The molecule has 2 N–H and O–H groups in total. The van der Waals surface area contributed by atoms with E-state index < -0.39 is 11.6 Å². The van der Waals surface area contributed by atoms with Crippen molar-refractivity contribution in [3.63, 3.8) is 0 Å². The van der Waals surface area contributed by atoms with Gasteiger partial charge in [0, 0.05) is 13.0 Å². The summed E-state index contributed by atoms with van der Waals surface area (Å²) in [5.74, 6) is 0.345. The van der Waals surface area contributed by atoms with Gasteiger partial charge in [0.1, 0.15) is 5.54 Å². The van der Waals surface area contributed by atoms with Gasteiger partial charge in [0.2, 0.25) is 5.91 Å². The van der Waals surface area contributed by atoms with Gasteiger partial charge in [0.05, 0.1) is 6.54 Å². The molecule has 1 unspecified atom stereocenters. The van der Waals surface area contributed by atoms with Gasteiger partial charge in [-0.05, 0) is 25.2 Å². The summed E-state index contributed by atoms with van der Waals surface area (Å²) in [4.78, 5) is 36.7. The zero-order valence-corrected chi connectivity index (χ0v) is 10.2. The predicted molar refractivity (Wildman–Crippen MR) is 62.6 cm³/mol. The van der Waals surface area contributed by atoms with E-state index in [0.717, 1.165) is 12.8 Å². The second kappa shape index (κ2) is 3.96. The molecule has 98 valence electrons. The van der Waals surface area contributed by atoms with Crippen LogP contribution >= 0.6 is 0 Å². The number of hydrogen-bond donors (Lipinski definition) is 2. The Hall–Kier alpha value is -1.59. The number of urea groups is 1. The molecular weight excluding hydrogens is 234 g/mol. The molecule has 6 nitrogen and oxygen atoms in total. The normalized spacial score (nSPS) is 31.4. The first-order valence-electron chi connectivity index (χ1n) is 6.50. The molecule has 1 saturated carbocycles. The molecule has 4 amide bonds. The van der Waals surface area contributed by atoms with E-state index in [-0.39, 0.29) is 11.8 Å². The van der Waals surface area contributed by atoms with E-state index >= 15 is 0 Å². The number of rotatable bonds is 2. The van der Waals surface area contributed by atoms with E-state index in [1.165, 1.54) is 6.42 Å². The molecule has 1 spiro atoms. The lowest BCUT2D eigenvalue weighted by Crippen LogP contribution is -2.49. The van der Waals surface area contributed by atoms with Crippen LogP contribution in [-0.4, -0.2) is 41.4 Å². The fourth-order valence-electron chi connectivity index (χ4n) is 2.91. The van der Waals surface area contributed by atoms with Gasteiger partial charge in [-0.3, -0.25) is 14.9 Å². The molecule has 2 aliphatic heterocycles. The third-order valence-electron chi connectivity index (χ3n) is 4.32. The highest BCUT2D eigenvalue weighted by Crippen LogP contribution is 2.31. The molecule has 3 fully saturated rings. The van der Waals surface area contributed by atoms with Gasteiger partial charge in [-0.2, -0.15) is 0 Å². The molecule has 3 aliphatic rings. The van der Waals surface area contributed by atoms with E-state index in [0.29, 0.717) is 31.8 Å². The zero-order chi connectivity index (χ0) is 12.8. The highest BCUT2D eigenvalue weighted by atomic mass is 16.2. The monoisotopic (exact) mass is 251 g/mol. The second-order valence-corrected chi connectivity index (χ2v) is 5.56. The minimum absolute atomic E-state index is 0.116. The zero-order valence-electron chi connectivity index (χ0n) is 10.2. The minimum Gasteiger partial charge on any atom is -0.340 e. The van der Waals surface area contributed by atoms with Crippen molar-refractivity contribution in [3.8, 4) is 0 Å². The molecule has 0 radical (unpaired) electrons. The summed E-state index contributed by atoms with van der Waals surface area (Å²) in [6, 6.07) is -0.451. The Labute approximate surface area is 105 Å². The third-order valence-corrected chi connectivity index (χ3v) is 4.32. The van der Waals surface area contributed by atoms with E-state index in [9.17, 15) is 14.4 Å². The fraction of sp³-hybridized carbons (Fsp3) is 0.750. The number of nitrogens with one attached hydrogen (secondary N) is 2. The van der Waals surface area contributed by atoms with Crippen LogP contribution < -0.4 is 10.6 Å². The average Bonchev–Trinajstić information content (AvgIpc) is 2.79. The first kappa shape index (κ1) is 11.5. The molecule has 6 heteroatoms. The highest BCUT2D eigenvalue weighted by Gasteiger charge is 2.51. The summed E-state index contributed by atoms with van der Waals surface area (Å²) in [5.41, 5.74) is -0.869. The van der Waals surface area contributed by atoms with Gasteiger partial charge in [-0.15, -0.1) is 0 Å². The molecule has 0 bridgehead atoms. The summed E-state index contributed by atoms with van der Waals surface area (Å²) >= 11 is 0. The molecule has 2 saturated heterocycles.